The molecule has 0 bridgehead atoms. The van der Waals surface area contributed by atoms with Gasteiger partial charge in [0.25, 0.3) is 0 Å². The first kappa shape index (κ1) is 7.55. The lowest BCUT2D eigenvalue weighted by Crippen LogP contribution is -1.82. The van der Waals surface area contributed by atoms with Gasteiger partial charge >= 0.3 is 0 Å². The third-order valence-corrected chi connectivity index (χ3v) is 2.26. The predicted molar refractivity (Wildman–Crippen MR) is 55.4 cm³/mol. The van der Waals surface area contributed by atoms with Crippen LogP contribution in [0.4, 0.5) is 5.69 Å². The summed E-state index contributed by atoms with van der Waals surface area (Å²) in [6.07, 6.45) is 0. The number of aromatic amines is 1. The van der Waals surface area contributed by atoms with Crippen LogP contribution in [0.3, 0.4) is 0 Å². The molecule has 12 heavy (non-hydrogen) atoms. The Hall–Kier alpha value is -1.09. The summed E-state index contributed by atoms with van der Waals surface area (Å²) in [6.45, 7) is 0. The Morgan fingerprint density at radius 2 is 2.25 bits per heavy atom. The molecular weight excluding hydrogens is 168 g/mol. The Kier molecular flexibility index (Phi) is 1.73. The maximum Gasteiger partial charge on any atom is 0.0477 e. The van der Waals surface area contributed by atoms with E-state index >= 15 is 0 Å². The van der Waals surface area contributed by atoms with Crippen LogP contribution in [0.25, 0.3) is 10.9 Å². The van der Waals surface area contributed by atoms with Crippen LogP contribution in [0.1, 0.15) is 5.69 Å². The quantitative estimate of drug-likeness (QED) is 0.454. The molecule has 0 atom stereocenters. The zero-order chi connectivity index (χ0) is 8.55. The smallest absolute Gasteiger partial charge is 0.0477 e. The summed E-state index contributed by atoms with van der Waals surface area (Å²) in [5.41, 5.74) is 8.78. The minimum absolute atomic E-state index is 0.716. The minimum atomic E-state index is 0.716. The van der Waals surface area contributed by atoms with Crippen LogP contribution < -0.4 is 5.73 Å². The number of aromatic nitrogens is 1. The molecule has 0 aliphatic rings. The molecule has 1 aromatic heterocycles. The van der Waals surface area contributed by atoms with Gasteiger partial charge in [-0.25, -0.2) is 0 Å². The van der Waals surface area contributed by atoms with E-state index in [-0.39, 0.29) is 0 Å². The second kappa shape index (κ2) is 2.75. The average Bonchev–Trinajstić information content (AvgIpc) is 2.49. The first-order valence-electron chi connectivity index (χ1n) is 3.78. The van der Waals surface area contributed by atoms with E-state index in [2.05, 4.69) is 17.6 Å². The predicted octanol–water partition coefficient (Wildman–Crippen LogP) is 2.18. The van der Waals surface area contributed by atoms with E-state index in [1.807, 2.05) is 24.3 Å². The standard InChI is InChI=1S/C9H10N2S/c10-8-2-1-3-9-7(8)4-6(5-12)11-9/h1-4,11-12H,5,10H2. The fraction of sp³-hybridized carbons (Fsp3) is 0.111. The van der Waals surface area contributed by atoms with E-state index in [1.54, 1.807) is 0 Å². The Labute approximate surface area is 76.2 Å². The number of fused-ring (bicyclic) bond motifs is 1. The van der Waals surface area contributed by atoms with Gasteiger partial charge in [-0.15, -0.1) is 0 Å². The summed E-state index contributed by atoms with van der Waals surface area (Å²) in [6, 6.07) is 7.89. The minimum Gasteiger partial charge on any atom is -0.398 e. The summed E-state index contributed by atoms with van der Waals surface area (Å²) in [5.74, 6) is 0.716. The molecule has 0 aliphatic carbocycles. The van der Waals surface area contributed by atoms with Crippen LogP contribution in [0, 0.1) is 0 Å². The van der Waals surface area contributed by atoms with Gasteiger partial charge in [-0.1, -0.05) is 6.07 Å². The number of hydrogen-bond acceptors (Lipinski definition) is 2. The number of benzene rings is 1. The highest BCUT2D eigenvalue weighted by Gasteiger charge is 2.00. The lowest BCUT2D eigenvalue weighted by atomic mass is 10.2. The van der Waals surface area contributed by atoms with Gasteiger partial charge in [0.2, 0.25) is 0 Å². The van der Waals surface area contributed by atoms with Crippen molar-refractivity contribution in [3.8, 4) is 0 Å². The molecule has 0 aliphatic heterocycles. The van der Waals surface area contributed by atoms with Gasteiger partial charge in [-0.2, -0.15) is 12.6 Å². The first-order valence-corrected chi connectivity index (χ1v) is 4.41. The van der Waals surface area contributed by atoms with Gasteiger partial charge in [-0.05, 0) is 18.2 Å². The zero-order valence-electron chi connectivity index (χ0n) is 6.54. The number of rotatable bonds is 1. The van der Waals surface area contributed by atoms with Crippen molar-refractivity contribution in [2.75, 3.05) is 5.73 Å². The van der Waals surface area contributed by atoms with Crippen molar-refractivity contribution in [3.63, 3.8) is 0 Å². The average molecular weight is 178 g/mol. The summed E-state index contributed by atoms with van der Waals surface area (Å²) < 4.78 is 0. The molecule has 2 rings (SSSR count). The highest BCUT2D eigenvalue weighted by atomic mass is 32.1. The van der Waals surface area contributed by atoms with Crippen molar-refractivity contribution in [1.29, 1.82) is 0 Å². The number of H-pyrrole nitrogens is 1. The fourth-order valence-electron chi connectivity index (χ4n) is 1.32. The van der Waals surface area contributed by atoms with Crippen LogP contribution in [-0.4, -0.2) is 4.98 Å². The van der Waals surface area contributed by atoms with E-state index in [9.17, 15) is 0 Å². The number of nitrogens with one attached hydrogen (secondary N) is 1. The van der Waals surface area contributed by atoms with Crippen molar-refractivity contribution >= 4 is 29.2 Å². The molecule has 1 heterocycles. The molecule has 2 aromatic rings. The SMILES string of the molecule is Nc1cccc2[nH]c(CS)cc12. The Morgan fingerprint density at radius 3 is 2.92 bits per heavy atom. The number of nitrogens with two attached hydrogens (primary N) is 1. The highest BCUT2D eigenvalue weighted by Crippen LogP contribution is 2.21. The zero-order valence-corrected chi connectivity index (χ0v) is 7.44. The Balaban J connectivity index is 2.74. The molecule has 2 nitrogen and oxygen atoms in total. The summed E-state index contributed by atoms with van der Waals surface area (Å²) in [7, 11) is 0. The van der Waals surface area contributed by atoms with Gasteiger partial charge in [-0.3, -0.25) is 0 Å². The summed E-state index contributed by atoms with van der Waals surface area (Å²) >= 11 is 4.18. The van der Waals surface area contributed by atoms with Gasteiger partial charge in [0.1, 0.15) is 0 Å². The normalized spacial score (nSPS) is 10.8. The monoisotopic (exact) mass is 178 g/mol. The molecule has 62 valence electrons. The number of anilines is 1. The molecule has 3 N–H and O–H groups in total. The van der Waals surface area contributed by atoms with E-state index in [0.717, 1.165) is 22.3 Å². The summed E-state index contributed by atoms with van der Waals surface area (Å²) in [5, 5.41) is 1.08. The van der Waals surface area contributed by atoms with E-state index in [4.69, 9.17) is 5.73 Å². The highest BCUT2D eigenvalue weighted by molar-refractivity contribution is 7.79. The van der Waals surface area contributed by atoms with Crippen molar-refractivity contribution in [3.05, 3.63) is 30.0 Å². The molecule has 1 aromatic carbocycles. The first-order chi connectivity index (χ1) is 5.81. The molecule has 0 saturated carbocycles. The molecule has 0 radical (unpaired) electrons. The third kappa shape index (κ3) is 1.06. The second-order valence-electron chi connectivity index (χ2n) is 2.76. The second-order valence-corrected chi connectivity index (χ2v) is 3.08. The molecule has 0 saturated heterocycles. The van der Waals surface area contributed by atoms with Crippen LogP contribution in [-0.2, 0) is 5.75 Å². The molecule has 0 fully saturated rings. The number of hydrogen-bond donors (Lipinski definition) is 3. The maximum atomic E-state index is 5.78. The van der Waals surface area contributed by atoms with Crippen LogP contribution in [0.5, 0.6) is 0 Å². The van der Waals surface area contributed by atoms with E-state index < -0.39 is 0 Å². The number of thiol groups is 1. The van der Waals surface area contributed by atoms with Crippen molar-refractivity contribution in [1.82, 2.24) is 4.98 Å². The van der Waals surface area contributed by atoms with Crippen molar-refractivity contribution in [2.24, 2.45) is 0 Å². The number of nitrogen functional groups attached to an aromatic ring is 1. The lowest BCUT2D eigenvalue weighted by molar-refractivity contribution is 1.27. The van der Waals surface area contributed by atoms with Gasteiger partial charge in [0.05, 0.1) is 0 Å². The van der Waals surface area contributed by atoms with E-state index in [0.29, 0.717) is 5.75 Å². The molecular formula is C9H10N2S. The Morgan fingerprint density at radius 1 is 1.42 bits per heavy atom. The van der Waals surface area contributed by atoms with Gasteiger partial charge in [0, 0.05) is 28.0 Å². The molecule has 3 heteroatoms. The molecule has 0 spiro atoms. The lowest BCUT2D eigenvalue weighted by Gasteiger charge is -1.92. The fourth-order valence-corrected chi connectivity index (χ4v) is 1.49. The van der Waals surface area contributed by atoms with Crippen LogP contribution in [0.2, 0.25) is 0 Å². The van der Waals surface area contributed by atoms with Gasteiger partial charge in [0.15, 0.2) is 0 Å². The third-order valence-electron chi connectivity index (χ3n) is 1.92. The molecule has 0 amide bonds. The van der Waals surface area contributed by atoms with Crippen LogP contribution >= 0.6 is 12.6 Å². The molecule has 0 unspecified atom stereocenters. The van der Waals surface area contributed by atoms with Crippen LogP contribution in [0.15, 0.2) is 24.3 Å². The van der Waals surface area contributed by atoms with Gasteiger partial charge < -0.3 is 10.7 Å². The largest absolute Gasteiger partial charge is 0.398 e. The topological polar surface area (TPSA) is 41.8 Å². The van der Waals surface area contributed by atoms with E-state index in [1.165, 1.54) is 0 Å². The Bertz CT molecular complexity index is 406. The van der Waals surface area contributed by atoms with Crippen molar-refractivity contribution in [2.45, 2.75) is 5.75 Å². The van der Waals surface area contributed by atoms with Crippen molar-refractivity contribution < 1.29 is 0 Å². The maximum absolute atomic E-state index is 5.78. The summed E-state index contributed by atoms with van der Waals surface area (Å²) in [4.78, 5) is 3.23.